The molecule has 0 saturated carbocycles. The van der Waals surface area contributed by atoms with E-state index in [1.54, 1.807) is 48.8 Å². The molecule has 0 radical (unpaired) electrons. The van der Waals surface area contributed by atoms with E-state index < -0.39 is 18.3 Å². The van der Waals surface area contributed by atoms with Gasteiger partial charge >= 0.3 is 11.7 Å². The Hall–Kier alpha value is -4.12. The maximum Gasteiger partial charge on any atom is 0.425 e. The molecule has 0 saturated heterocycles. The highest BCUT2D eigenvalue weighted by Crippen LogP contribution is 2.33. The molecular formula is C22H14ClF3N6O2. The zero-order valence-electron chi connectivity index (χ0n) is 17.2. The van der Waals surface area contributed by atoms with Crippen molar-refractivity contribution < 1.29 is 18.0 Å². The van der Waals surface area contributed by atoms with E-state index in [0.717, 1.165) is 16.2 Å². The van der Waals surface area contributed by atoms with E-state index in [2.05, 4.69) is 36.9 Å². The van der Waals surface area contributed by atoms with E-state index in [-0.39, 0.29) is 17.1 Å². The van der Waals surface area contributed by atoms with Crippen molar-refractivity contribution in [2.75, 3.05) is 6.61 Å². The Kier molecular flexibility index (Phi) is 6.37. The Morgan fingerprint density at radius 2 is 1.82 bits per heavy atom. The summed E-state index contributed by atoms with van der Waals surface area (Å²) >= 11 is 6.01. The van der Waals surface area contributed by atoms with E-state index in [1.807, 2.05) is 0 Å². The number of nitrogens with zero attached hydrogens (tertiary/aromatic N) is 6. The van der Waals surface area contributed by atoms with Crippen LogP contribution in [0.4, 0.5) is 13.2 Å². The third-order valence-electron chi connectivity index (χ3n) is 4.59. The fourth-order valence-corrected chi connectivity index (χ4v) is 3.23. The predicted octanol–water partition coefficient (Wildman–Crippen LogP) is 4.34. The summed E-state index contributed by atoms with van der Waals surface area (Å²) in [5.41, 5.74) is 1.30. The predicted molar refractivity (Wildman–Crippen MR) is 119 cm³/mol. The second-order valence-electron chi connectivity index (χ2n) is 6.83. The van der Waals surface area contributed by atoms with E-state index in [1.165, 1.54) is 6.20 Å². The van der Waals surface area contributed by atoms with Crippen molar-refractivity contribution in [3.8, 4) is 22.3 Å². The SMILES string of the molecule is C=C/C(=N\OCC(F)(F)F)c1nnc2c(-c3ccncc3)c(-c3ccc(Cl)cc3)cnn2c1=O. The molecule has 0 unspecified atom stereocenters. The van der Waals surface area contributed by atoms with Crippen LogP contribution in [0.25, 0.3) is 27.9 Å². The van der Waals surface area contributed by atoms with E-state index >= 15 is 0 Å². The summed E-state index contributed by atoms with van der Waals surface area (Å²) in [6, 6.07) is 10.5. The van der Waals surface area contributed by atoms with Crippen LogP contribution in [0.1, 0.15) is 5.69 Å². The molecule has 172 valence electrons. The second kappa shape index (κ2) is 9.40. The van der Waals surface area contributed by atoms with Crippen LogP contribution in [0.5, 0.6) is 0 Å². The molecule has 0 atom stereocenters. The number of rotatable bonds is 6. The highest BCUT2D eigenvalue weighted by atomic mass is 35.5. The lowest BCUT2D eigenvalue weighted by Crippen LogP contribution is -2.27. The number of oxime groups is 1. The zero-order valence-corrected chi connectivity index (χ0v) is 18.0. The summed E-state index contributed by atoms with van der Waals surface area (Å²) < 4.78 is 38.1. The molecule has 0 bridgehead atoms. The number of halogens is 4. The van der Waals surface area contributed by atoms with Gasteiger partial charge in [0.15, 0.2) is 11.3 Å². The van der Waals surface area contributed by atoms with Crippen molar-refractivity contribution in [3.05, 3.63) is 88.7 Å². The smallest absolute Gasteiger partial charge is 0.386 e. The third kappa shape index (κ3) is 4.79. The first-order valence-corrected chi connectivity index (χ1v) is 10.0. The number of aromatic nitrogens is 5. The molecule has 0 aliphatic heterocycles. The number of fused-ring (bicyclic) bond motifs is 1. The average Bonchev–Trinajstić information content (AvgIpc) is 2.82. The van der Waals surface area contributed by atoms with Crippen LogP contribution >= 0.6 is 11.6 Å². The van der Waals surface area contributed by atoms with Crippen LogP contribution in [-0.2, 0) is 4.84 Å². The van der Waals surface area contributed by atoms with Crippen LogP contribution in [0.3, 0.4) is 0 Å². The fraction of sp³-hybridized carbons (Fsp3) is 0.0909. The summed E-state index contributed by atoms with van der Waals surface area (Å²) in [4.78, 5) is 21.4. The second-order valence-corrected chi connectivity index (χ2v) is 7.27. The number of pyridine rings is 1. The topological polar surface area (TPSA) is 94.6 Å². The Labute approximate surface area is 195 Å². The van der Waals surface area contributed by atoms with E-state index in [4.69, 9.17) is 11.6 Å². The Morgan fingerprint density at radius 1 is 1.12 bits per heavy atom. The summed E-state index contributed by atoms with van der Waals surface area (Å²) in [6.07, 6.45) is 1.08. The van der Waals surface area contributed by atoms with E-state index in [9.17, 15) is 18.0 Å². The van der Waals surface area contributed by atoms with Crippen molar-refractivity contribution in [1.29, 1.82) is 0 Å². The summed E-state index contributed by atoms with van der Waals surface area (Å²) in [6.45, 7) is 1.82. The van der Waals surface area contributed by atoms with Gasteiger partial charge in [-0.15, -0.1) is 10.2 Å². The Balaban J connectivity index is 1.91. The van der Waals surface area contributed by atoms with Crippen molar-refractivity contribution in [2.45, 2.75) is 6.18 Å². The van der Waals surface area contributed by atoms with Gasteiger partial charge in [-0.3, -0.25) is 9.78 Å². The van der Waals surface area contributed by atoms with Gasteiger partial charge in [0.2, 0.25) is 6.61 Å². The van der Waals surface area contributed by atoms with Crippen molar-refractivity contribution in [2.24, 2.45) is 5.16 Å². The molecule has 0 spiro atoms. The molecule has 0 amide bonds. The normalized spacial score (nSPS) is 12.1. The molecule has 3 heterocycles. The Bertz CT molecular complexity index is 1440. The van der Waals surface area contributed by atoms with Gasteiger partial charge in [-0.2, -0.15) is 22.8 Å². The number of hydrogen-bond acceptors (Lipinski definition) is 7. The minimum absolute atomic E-state index is 0.118. The van der Waals surface area contributed by atoms with Gasteiger partial charge in [-0.1, -0.05) is 35.5 Å². The molecule has 0 N–H and O–H groups in total. The molecule has 4 aromatic rings. The quantitative estimate of drug-likeness (QED) is 0.297. The largest absolute Gasteiger partial charge is 0.425 e. The fourth-order valence-electron chi connectivity index (χ4n) is 3.11. The minimum atomic E-state index is -4.60. The van der Waals surface area contributed by atoms with Gasteiger partial charge in [0.1, 0.15) is 5.71 Å². The van der Waals surface area contributed by atoms with Gasteiger partial charge in [0.05, 0.1) is 6.20 Å². The standard InChI is InChI=1S/C22H14ClF3N6O2/c1-2-17(31-34-12-22(24,25)26)19-21(33)32-20(30-29-19)18(14-7-9-27-10-8-14)16(11-28-32)13-3-5-15(23)6-4-13/h2-11H,1,12H2/b31-17+. The van der Waals surface area contributed by atoms with Crippen LogP contribution in [-0.4, -0.2) is 43.3 Å². The minimum Gasteiger partial charge on any atom is -0.386 e. The molecule has 0 aliphatic carbocycles. The van der Waals surface area contributed by atoms with Crippen molar-refractivity contribution >= 4 is 23.0 Å². The summed E-state index contributed by atoms with van der Waals surface area (Å²) in [5, 5.41) is 16.1. The lowest BCUT2D eigenvalue weighted by molar-refractivity contribution is -0.173. The van der Waals surface area contributed by atoms with Gasteiger partial charge in [0, 0.05) is 28.5 Å². The lowest BCUT2D eigenvalue weighted by Gasteiger charge is -2.13. The number of alkyl halides is 3. The molecule has 0 fully saturated rings. The first-order chi connectivity index (χ1) is 16.3. The third-order valence-corrected chi connectivity index (χ3v) is 4.84. The van der Waals surface area contributed by atoms with Crippen LogP contribution < -0.4 is 5.56 Å². The van der Waals surface area contributed by atoms with Crippen LogP contribution in [0.2, 0.25) is 5.02 Å². The monoisotopic (exact) mass is 486 g/mol. The molecule has 3 aromatic heterocycles. The van der Waals surface area contributed by atoms with Gasteiger partial charge in [-0.25, -0.2) is 0 Å². The average molecular weight is 487 g/mol. The van der Waals surface area contributed by atoms with Gasteiger partial charge < -0.3 is 4.84 Å². The van der Waals surface area contributed by atoms with Crippen LogP contribution in [0.15, 0.2) is 77.6 Å². The highest BCUT2D eigenvalue weighted by Gasteiger charge is 2.29. The molecule has 1 aromatic carbocycles. The zero-order chi connectivity index (χ0) is 24.3. The molecular weight excluding hydrogens is 473 g/mol. The first kappa shape index (κ1) is 23.1. The molecule has 34 heavy (non-hydrogen) atoms. The maximum absolute atomic E-state index is 13.1. The highest BCUT2D eigenvalue weighted by molar-refractivity contribution is 6.30. The number of allylic oxidation sites excluding steroid dienone is 1. The molecule has 8 nitrogen and oxygen atoms in total. The first-order valence-electron chi connectivity index (χ1n) is 9.63. The Morgan fingerprint density at radius 3 is 2.47 bits per heavy atom. The lowest BCUT2D eigenvalue weighted by atomic mass is 9.98. The number of benzene rings is 1. The van der Waals surface area contributed by atoms with Gasteiger partial charge in [-0.05, 0) is 41.5 Å². The molecule has 4 rings (SSSR count). The van der Waals surface area contributed by atoms with Crippen LogP contribution in [0, 0.1) is 0 Å². The van der Waals surface area contributed by atoms with Crippen molar-refractivity contribution in [1.82, 2.24) is 24.8 Å². The van der Waals surface area contributed by atoms with Crippen molar-refractivity contribution in [3.63, 3.8) is 0 Å². The number of hydrogen-bond donors (Lipinski definition) is 0. The maximum atomic E-state index is 13.1. The summed E-state index contributed by atoms with van der Waals surface area (Å²) in [7, 11) is 0. The van der Waals surface area contributed by atoms with E-state index in [0.29, 0.717) is 21.7 Å². The summed E-state index contributed by atoms with van der Waals surface area (Å²) in [5.74, 6) is 0. The van der Waals surface area contributed by atoms with Gasteiger partial charge in [0.25, 0.3) is 0 Å². The molecule has 12 heteroatoms. The molecule has 0 aliphatic rings.